The van der Waals surface area contributed by atoms with Crippen LogP contribution < -0.4 is 4.90 Å². The van der Waals surface area contributed by atoms with Crippen LogP contribution >= 0.6 is 0 Å². The molecule has 19 heavy (non-hydrogen) atoms. The van der Waals surface area contributed by atoms with Crippen molar-refractivity contribution in [1.82, 2.24) is 0 Å². The van der Waals surface area contributed by atoms with Gasteiger partial charge in [0.1, 0.15) is 0 Å². The van der Waals surface area contributed by atoms with Crippen LogP contribution in [0.5, 0.6) is 0 Å². The summed E-state index contributed by atoms with van der Waals surface area (Å²) in [6, 6.07) is 7.69. The Morgan fingerprint density at radius 2 is 2.00 bits per heavy atom. The van der Waals surface area contributed by atoms with Crippen LogP contribution in [0, 0.1) is 5.92 Å². The second-order valence-corrected chi connectivity index (χ2v) is 5.29. The van der Waals surface area contributed by atoms with Crippen LogP contribution in [0.25, 0.3) is 0 Å². The summed E-state index contributed by atoms with van der Waals surface area (Å²) in [4.78, 5) is 14.5. The average molecular weight is 258 g/mol. The number of nitrogens with zero attached hydrogens (tertiary/aromatic N) is 2. The third-order valence-electron chi connectivity index (χ3n) is 4.17. The molecule has 0 unspecified atom stereocenters. The van der Waals surface area contributed by atoms with Crippen molar-refractivity contribution in [2.24, 2.45) is 11.1 Å². The molecule has 1 N–H and O–H groups in total. The van der Waals surface area contributed by atoms with Gasteiger partial charge in [-0.1, -0.05) is 36.2 Å². The van der Waals surface area contributed by atoms with E-state index in [1.54, 1.807) is 0 Å². The molecular formula is C15H18N2O2. The standard InChI is InChI=1S/C15H18N2O2/c18-15(11-5-1-2-6-11)17-10-9-13(16-19)12-7-3-4-8-14(12)17/h3-4,7-8,11,19H,1-2,5-6,9-10H2. The minimum Gasteiger partial charge on any atom is -0.411 e. The molecule has 0 radical (unpaired) electrons. The van der Waals surface area contributed by atoms with E-state index in [2.05, 4.69) is 5.16 Å². The van der Waals surface area contributed by atoms with E-state index in [0.717, 1.165) is 36.9 Å². The molecule has 0 aromatic heterocycles. The first-order valence-electron chi connectivity index (χ1n) is 6.93. The van der Waals surface area contributed by atoms with Crippen molar-refractivity contribution in [1.29, 1.82) is 0 Å². The monoisotopic (exact) mass is 258 g/mol. The Bertz CT molecular complexity index is 519. The van der Waals surface area contributed by atoms with Gasteiger partial charge in [-0.15, -0.1) is 0 Å². The topological polar surface area (TPSA) is 52.9 Å². The largest absolute Gasteiger partial charge is 0.411 e. The van der Waals surface area contributed by atoms with E-state index in [4.69, 9.17) is 5.21 Å². The number of fused-ring (bicyclic) bond motifs is 1. The third kappa shape index (κ3) is 2.11. The Hall–Kier alpha value is -1.84. The zero-order valence-corrected chi connectivity index (χ0v) is 10.9. The second kappa shape index (κ2) is 5.03. The lowest BCUT2D eigenvalue weighted by atomic mass is 9.97. The Morgan fingerprint density at radius 1 is 1.26 bits per heavy atom. The molecule has 3 rings (SSSR count). The minimum absolute atomic E-state index is 0.181. The fourth-order valence-electron chi connectivity index (χ4n) is 3.15. The molecule has 0 saturated heterocycles. The molecular weight excluding hydrogens is 240 g/mol. The summed E-state index contributed by atoms with van der Waals surface area (Å²) in [5.41, 5.74) is 2.44. The van der Waals surface area contributed by atoms with Crippen LogP contribution in [0.2, 0.25) is 0 Å². The minimum atomic E-state index is 0.181. The third-order valence-corrected chi connectivity index (χ3v) is 4.17. The molecule has 0 spiro atoms. The van der Waals surface area contributed by atoms with Crippen molar-refractivity contribution in [3.63, 3.8) is 0 Å². The van der Waals surface area contributed by atoms with E-state index in [-0.39, 0.29) is 11.8 Å². The number of oxime groups is 1. The SMILES string of the molecule is O=C(C1CCCC1)N1CCC(=NO)c2ccccc21. The van der Waals surface area contributed by atoms with E-state index < -0.39 is 0 Å². The maximum absolute atomic E-state index is 12.6. The van der Waals surface area contributed by atoms with Crippen molar-refractivity contribution in [2.45, 2.75) is 32.1 Å². The fraction of sp³-hybridized carbons (Fsp3) is 0.467. The Morgan fingerprint density at radius 3 is 2.74 bits per heavy atom. The van der Waals surface area contributed by atoms with E-state index in [1.807, 2.05) is 29.2 Å². The highest BCUT2D eigenvalue weighted by molar-refractivity contribution is 6.11. The van der Waals surface area contributed by atoms with Gasteiger partial charge < -0.3 is 10.1 Å². The number of para-hydroxylation sites is 1. The number of hydrogen-bond acceptors (Lipinski definition) is 3. The summed E-state index contributed by atoms with van der Waals surface area (Å²) in [6.07, 6.45) is 4.97. The molecule has 4 nitrogen and oxygen atoms in total. The lowest BCUT2D eigenvalue weighted by molar-refractivity contribution is -0.122. The van der Waals surface area contributed by atoms with Gasteiger partial charge in [0.25, 0.3) is 0 Å². The van der Waals surface area contributed by atoms with Crippen LogP contribution in [0.4, 0.5) is 5.69 Å². The zero-order chi connectivity index (χ0) is 13.2. The lowest BCUT2D eigenvalue weighted by Crippen LogP contribution is -2.40. The summed E-state index contributed by atoms with van der Waals surface area (Å²) in [6.45, 7) is 0.617. The number of rotatable bonds is 1. The van der Waals surface area contributed by atoms with Gasteiger partial charge in [0.05, 0.1) is 11.4 Å². The first-order chi connectivity index (χ1) is 9.31. The summed E-state index contributed by atoms with van der Waals surface area (Å²) < 4.78 is 0. The maximum Gasteiger partial charge on any atom is 0.230 e. The van der Waals surface area contributed by atoms with Crippen molar-refractivity contribution in [3.05, 3.63) is 29.8 Å². The van der Waals surface area contributed by atoms with Gasteiger partial charge in [0.15, 0.2) is 0 Å². The number of carbonyl (C=O) groups is 1. The highest BCUT2D eigenvalue weighted by Crippen LogP contribution is 2.32. The molecule has 1 heterocycles. The summed E-state index contributed by atoms with van der Waals surface area (Å²) >= 11 is 0. The number of anilines is 1. The van der Waals surface area contributed by atoms with E-state index in [1.165, 1.54) is 0 Å². The van der Waals surface area contributed by atoms with E-state index >= 15 is 0 Å². The maximum atomic E-state index is 12.6. The van der Waals surface area contributed by atoms with Gasteiger partial charge in [-0.05, 0) is 18.9 Å². The van der Waals surface area contributed by atoms with Gasteiger partial charge in [-0.25, -0.2) is 0 Å². The number of amides is 1. The molecule has 1 aromatic rings. The van der Waals surface area contributed by atoms with Crippen molar-refractivity contribution in [2.75, 3.05) is 11.4 Å². The predicted octanol–water partition coefficient (Wildman–Crippen LogP) is 2.79. The van der Waals surface area contributed by atoms with Crippen LogP contribution in [0.3, 0.4) is 0 Å². The Kier molecular flexibility index (Phi) is 3.23. The fourth-order valence-corrected chi connectivity index (χ4v) is 3.15. The summed E-state index contributed by atoms with van der Waals surface area (Å²) in [7, 11) is 0. The predicted molar refractivity (Wildman–Crippen MR) is 73.7 cm³/mol. The molecule has 100 valence electrons. The Labute approximate surface area is 112 Å². The average Bonchev–Trinajstić information content (AvgIpc) is 2.99. The van der Waals surface area contributed by atoms with Gasteiger partial charge in [-0.3, -0.25) is 4.79 Å². The van der Waals surface area contributed by atoms with Crippen LogP contribution in [-0.2, 0) is 4.79 Å². The van der Waals surface area contributed by atoms with Gasteiger partial charge in [0, 0.05) is 24.4 Å². The smallest absolute Gasteiger partial charge is 0.230 e. The molecule has 1 amide bonds. The summed E-state index contributed by atoms with van der Waals surface area (Å²) in [5.74, 6) is 0.419. The van der Waals surface area contributed by atoms with Gasteiger partial charge in [-0.2, -0.15) is 0 Å². The molecule has 1 aliphatic heterocycles. The molecule has 1 fully saturated rings. The van der Waals surface area contributed by atoms with Gasteiger partial charge in [0.2, 0.25) is 5.91 Å². The highest BCUT2D eigenvalue weighted by atomic mass is 16.4. The number of carbonyl (C=O) groups excluding carboxylic acids is 1. The number of benzene rings is 1. The van der Waals surface area contributed by atoms with E-state index in [9.17, 15) is 4.79 Å². The first kappa shape index (κ1) is 12.2. The van der Waals surface area contributed by atoms with Crippen molar-refractivity contribution in [3.8, 4) is 0 Å². The molecule has 1 aliphatic carbocycles. The van der Waals surface area contributed by atoms with Crippen LogP contribution in [0.15, 0.2) is 29.4 Å². The van der Waals surface area contributed by atoms with Crippen LogP contribution in [0.1, 0.15) is 37.7 Å². The van der Waals surface area contributed by atoms with Crippen LogP contribution in [-0.4, -0.2) is 23.4 Å². The lowest BCUT2D eigenvalue weighted by Gasteiger charge is -2.31. The Balaban J connectivity index is 1.93. The molecule has 0 bridgehead atoms. The number of hydrogen-bond donors (Lipinski definition) is 1. The molecule has 4 heteroatoms. The van der Waals surface area contributed by atoms with Crippen molar-refractivity contribution >= 4 is 17.3 Å². The molecule has 1 saturated carbocycles. The highest BCUT2D eigenvalue weighted by Gasteiger charge is 2.32. The van der Waals surface area contributed by atoms with Gasteiger partial charge >= 0.3 is 0 Å². The quantitative estimate of drug-likeness (QED) is 0.622. The molecule has 0 atom stereocenters. The second-order valence-electron chi connectivity index (χ2n) is 5.29. The van der Waals surface area contributed by atoms with Crippen molar-refractivity contribution < 1.29 is 10.0 Å². The first-order valence-corrected chi connectivity index (χ1v) is 6.93. The summed E-state index contributed by atoms with van der Waals surface area (Å²) in [5, 5.41) is 12.4. The molecule has 1 aromatic carbocycles. The normalized spacial score (nSPS) is 21.7. The molecule has 2 aliphatic rings. The zero-order valence-electron chi connectivity index (χ0n) is 10.9. The van der Waals surface area contributed by atoms with E-state index in [0.29, 0.717) is 18.7 Å².